The fraction of sp³-hybridized carbons (Fsp3) is 0.565. The number of methoxy groups -OCH3 is 1. The number of nitrogens with one attached hydrogen (secondary N) is 2. The van der Waals surface area contributed by atoms with Gasteiger partial charge in [0.25, 0.3) is 0 Å². The Morgan fingerprint density at radius 3 is 2.62 bits per heavy atom. The fourth-order valence-electron chi connectivity index (χ4n) is 4.37. The molecule has 0 atom stereocenters. The first-order valence-electron chi connectivity index (χ1n) is 10.6. The molecule has 0 aliphatic heterocycles. The van der Waals surface area contributed by atoms with E-state index in [-0.39, 0.29) is 5.41 Å². The summed E-state index contributed by atoms with van der Waals surface area (Å²) in [6.07, 6.45) is 4.90. The average Bonchev–Trinajstić information content (AvgIpc) is 3.30. The van der Waals surface area contributed by atoms with Crippen LogP contribution in [0.2, 0.25) is 0 Å². The molecule has 0 bridgehead atoms. The molecule has 2 N–H and O–H groups in total. The van der Waals surface area contributed by atoms with Crippen molar-refractivity contribution >= 4 is 5.96 Å². The molecule has 29 heavy (non-hydrogen) atoms. The molecular weight excluding hydrogens is 362 g/mol. The highest BCUT2D eigenvalue weighted by Crippen LogP contribution is 2.41. The lowest BCUT2D eigenvalue weighted by Crippen LogP contribution is -2.44. The van der Waals surface area contributed by atoms with Gasteiger partial charge in [-0.05, 0) is 51.3 Å². The molecule has 1 heterocycles. The van der Waals surface area contributed by atoms with Crippen molar-refractivity contribution in [1.29, 1.82) is 0 Å². The van der Waals surface area contributed by atoms with Crippen LogP contribution in [0.5, 0.6) is 5.75 Å². The van der Waals surface area contributed by atoms with Gasteiger partial charge in [0.1, 0.15) is 5.75 Å². The third kappa shape index (κ3) is 4.74. The number of ether oxygens (including phenoxy) is 1. The molecule has 1 aromatic heterocycles. The molecule has 1 saturated carbocycles. The smallest absolute Gasteiger partial charge is 0.191 e. The minimum Gasteiger partial charge on any atom is -0.497 e. The minimum absolute atomic E-state index is 0.130. The van der Waals surface area contributed by atoms with Crippen molar-refractivity contribution in [2.24, 2.45) is 12.0 Å². The van der Waals surface area contributed by atoms with Crippen LogP contribution in [-0.4, -0.2) is 35.9 Å². The van der Waals surface area contributed by atoms with E-state index >= 15 is 0 Å². The first-order valence-corrected chi connectivity index (χ1v) is 10.6. The van der Waals surface area contributed by atoms with Crippen molar-refractivity contribution in [3.63, 3.8) is 0 Å². The van der Waals surface area contributed by atoms with Crippen LogP contribution >= 0.6 is 0 Å². The molecule has 0 radical (unpaired) electrons. The molecule has 1 aromatic carbocycles. The van der Waals surface area contributed by atoms with Gasteiger partial charge in [-0.15, -0.1) is 0 Å². The van der Waals surface area contributed by atoms with Gasteiger partial charge in [0.2, 0.25) is 0 Å². The summed E-state index contributed by atoms with van der Waals surface area (Å²) >= 11 is 0. The van der Waals surface area contributed by atoms with Gasteiger partial charge < -0.3 is 15.4 Å². The van der Waals surface area contributed by atoms with Crippen LogP contribution in [0.4, 0.5) is 0 Å². The third-order valence-electron chi connectivity index (χ3n) is 6.24. The monoisotopic (exact) mass is 397 g/mol. The number of nitrogens with zero attached hydrogens (tertiary/aromatic N) is 3. The molecule has 1 fully saturated rings. The molecule has 0 amide bonds. The van der Waals surface area contributed by atoms with Crippen LogP contribution in [0, 0.1) is 13.8 Å². The van der Waals surface area contributed by atoms with Crippen molar-refractivity contribution in [3.05, 3.63) is 46.8 Å². The summed E-state index contributed by atoms with van der Waals surface area (Å²) in [5, 5.41) is 11.5. The maximum Gasteiger partial charge on any atom is 0.191 e. The standard InChI is InChI=1S/C23H35N5O/c1-6-24-22(25-15-21-17(2)27-28(4)18(21)3)26-16-23(12-7-8-13-23)19-10-9-11-20(14-19)29-5/h9-11,14H,6-8,12-13,15-16H2,1-5H3,(H2,24,25,26). The van der Waals surface area contributed by atoms with Gasteiger partial charge in [-0.1, -0.05) is 25.0 Å². The van der Waals surface area contributed by atoms with Gasteiger partial charge in [0.05, 0.1) is 19.3 Å². The number of aryl methyl sites for hydroxylation is 2. The number of benzene rings is 1. The van der Waals surface area contributed by atoms with Crippen molar-refractivity contribution < 1.29 is 4.74 Å². The molecule has 1 aliphatic carbocycles. The molecule has 0 spiro atoms. The Hall–Kier alpha value is -2.50. The summed E-state index contributed by atoms with van der Waals surface area (Å²) in [6.45, 7) is 8.59. The van der Waals surface area contributed by atoms with E-state index in [0.717, 1.165) is 30.5 Å². The number of guanidine groups is 1. The maximum absolute atomic E-state index is 5.47. The lowest BCUT2D eigenvalue weighted by molar-refractivity contribution is 0.404. The molecule has 0 unspecified atom stereocenters. The van der Waals surface area contributed by atoms with Crippen molar-refractivity contribution in [2.45, 2.75) is 58.4 Å². The van der Waals surface area contributed by atoms with E-state index in [0.29, 0.717) is 6.54 Å². The molecule has 1 aliphatic rings. The molecule has 0 saturated heterocycles. The van der Waals surface area contributed by atoms with Crippen LogP contribution in [0.1, 0.15) is 55.1 Å². The van der Waals surface area contributed by atoms with Gasteiger partial charge in [-0.2, -0.15) is 5.10 Å². The molecular formula is C23H35N5O. The lowest BCUT2D eigenvalue weighted by atomic mass is 9.78. The van der Waals surface area contributed by atoms with Crippen LogP contribution in [0.15, 0.2) is 29.3 Å². The van der Waals surface area contributed by atoms with E-state index in [1.165, 1.54) is 42.5 Å². The Morgan fingerprint density at radius 2 is 2.00 bits per heavy atom. The first-order chi connectivity index (χ1) is 14.0. The van der Waals surface area contributed by atoms with Gasteiger partial charge >= 0.3 is 0 Å². The molecule has 6 nitrogen and oxygen atoms in total. The molecule has 6 heteroatoms. The van der Waals surface area contributed by atoms with Crippen molar-refractivity contribution in [2.75, 3.05) is 20.2 Å². The Labute approximate surface area is 174 Å². The predicted octanol–water partition coefficient (Wildman–Crippen LogP) is 3.61. The van der Waals surface area contributed by atoms with Gasteiger partial charge in [-0.3, -0.25) is 4.68 Å². The van der Waals surface area contributed by atoms with Crippen LogP contribution in [0.3, 0.4) is 0 Å². The summed E-state index contributed by atoms with van der Waals surface area (Å²) in [4.78, 5) is 4.85. The van der Waals surface area contributed by atoms with E-state index in [4.69, 9.17) is 9.73 Å². The summed E-state index contributed by atoms with van der Waals surface area (Å²) in [5.74, 6) is 1.79. The second-order valence-corrected chi connectivity index (χ2v) is 8.04. The van der Waals surface area contributed by atoms with E-state index < -0.39 is 0 Å². The average molecular weight is 398 g/mol. The fourth-order valence-corrected chi connectivity index (χ4v) is 4.37. The minimum atomic E-state index is 0.130. The Bertz CT molecular complexity index is 849. The Morgan fingerprint density at radius 1 is 1.24 bits per heavy atom. The number of aromatic nitrogens is 2. The summed E-state index contributed by atoms with van der Waals surface area (Å²) in [7, 11) is 3.72. The maximum atomic E-state index is 5.47. The SMILES string of the molecule is CCNC(=NCc1c(C)nn(C)c1C)NCC1(c2cccc(OC)c2)CCCC1. The Kier molecular flexibility index (Phi) is 6.83. The highest BCUT2D eigenvalue weighted by atomic mass is 16.5. The summed E-state index contributed by atoms with van der Waals surface area (Å²) in [5.41, 5.74) is 4.91. The third-order valence-corrected chi connectivity index (χ3v) is 6.24. The van der Waals surface area contributed by atoms with E-state index in [1.54, 1.807) is 7.11 Å². The van der Waals surface area contributed by atoms with Crippen molar-refractivity contribution in [1.82, 2.24) is 20.4 Å². The van der Waals surface area contributed by atoms with Gasteiger partial charge in [-0.25, -0.2) is 4.99 Å². The van der Waals surface area contributed by atoms with E-state index in [1.807, 2.05) is 17.8 Å². The second-order valence-electron chi connectivity index (χ2n) is 8.04. The zero-order chi connectivity index (χ0) is 20.9. The van der Waals surface area contributed by atoms with Gasteiger partial charge in [0, 0.05) is 36.8 Å². The van der Waals surface area contributed by atoms with Gasteiger partial charge in [0.15, 0.2) is 5.96 Å². The number of rotatable bonds is 7. The summed E-state index contributed by atoms with van der Waals surface area (Å²) in [6, 6.07) is 8.55. The van der Waals surface area contributed by atoms with Crippen molar-refractivity contribution in [3.8, 4) is 5.75 Å². The highest BCUT2D eigenvalue weighted by Gasteiger charge is 2.36. The molecule has 158 valence electrons. The van der Waals surface area contributed by atoms with Crippen LogP contribution in [-0.2, 0) is 19.0 Å². The molecule has 2 aromatic rings. The Balaban J connectivity index is 1.76. The number of aliphatic imine (C=N–C) groups is 1. The topological polar surface area (TPSA) is 63.5 Å². The summed E-state index contributed by atoms with van der Waals surface area (Å²) < 4.78 is 7.40. The number of hydrogen-bond donors (Lipinski definition) is 2. The number of hydrogen-bond acceptors (Lipinski definition) is 3. The van der Waals surface area contributed by atoms with E-state index in [2.05, 4.69) is 54.7 Å². The normalized spacial score (nSPS) is 16.1. The second kappa shape index (κ2) is 9.33. The molecule has 3 rings (SSSR count). The largest absolute Gasteiger partial charge is 0.497 e. The quantitative estimate of drug-likeness (QED) is 0.553. The van der Waals surface area contributed by atoms with Crippen LogP contribution in [0.25, 0.3) is 0 Å². The lowest BCUT2D eigenvalue weighted by Gasteiger charge is -2.31. The predicted molar refractivity (Wildman–Crippen MR) is 119 cm³/mol. The first kappa shape index (κ1) is 21.2. The van der Waals surface area contributed by atoms with E-state index in [9.17, 15) is 0 Å². The van der Waals surface area contributed by atoms with Crippen LogP contribution < -0.4 is 15.4 Å². The highest BCUT2D eigenvalue weighted by molar-refractivity contribution is 5.80. The zero-order valence-electron chi connectivity index (χ0n) is 18.5. The zero-order valence-corrected chi connectivity index (χ0v) is 18.5.